The summed E-state index contributed by atoms with van der Waals surface area (Å²) in [6, 6.07) is 5.34. The molecule has 4 rings (SSSR count). The molecule has 1 aliphatic heterocycles. The number of ether oxygens (including phenoxy) is 1. The lowest BCUT2D eigenvalue weighted by molar-refractivity contribution is 0.0821. The molecule has 156 valence electrons. The number of nitrogens with zero attached hydrogens (tertiary/aromatic N) is 4. The van der Waals surface area contributed by atoms with Gasteiger partial charge in [-0.15, -0.1) is 0 Å². The van der Waals surface area contributed by atoms with Gasteiger partial charge < -0.3 is 26.0 Å². The normalized spacial score (nSPS) is 16.5. The maximum absolute atomic E-state index is 12.8. The fraction of sp³-hybridized carbons (Fsp3) is 0.316. The lowest BCUT2D eigenvalue weighted by Gasteiger charge is -2.18. The van der Waals surface area contributed by atoms with Crippen LogP contribution < -0.4 is 21.3 Å². The van der Waals surface area contributed by atoms with Crippen LogP contribution in [0.4, 0.5) is 28.7 Å². The van der Waals surface area contributed by atoms with Crippen LogP contribution >= 0.6 is 0 Å². The SMILES string of the molecule is CNc1cc2cc(c1N=N)Nc1cc(NC)n3ncc(c3n1)C(=O)N[C@H](C)COC2. The zero-order valence-corrected chi connectivity index (χ0v) is 16.9. The molecule has 0 saturated heterocycles. The van der Waals surface area contributed by atoms with Gasteiger partial charge in [-0.1, -0.05) is 0 Å². The van der Waals surface area contributed by atoms with Crippen molar-refractivity contribution in [1.82, 2.24) is 19.9 Å². The van der Waals surface area contributed by atoms with Gasteiger partial charge in [-0.3, -0.25) is 4.79 Å². The summed E-state index contributed by atoms with van der Waals surface area (Å²) in [5.41, 5.74) is 11.0. The highest BCUT2D eigenvalue weighted by Gasteiger charge is 2.20. The molecule has 5 N–H and O–H groups in total. The molecule has 3 aromatic rings. The van der Waals surface area contributed by atoms with Crippen LogP contribution in [0.25, 0.3) is 5.65 Å². The van der Waals surface area contributed by atoms with Crippen molar-refractivity contribution in [2.24, 2.45) is 5.11 Å². The number of hydrogen-bond acceptors (Lipinski definition) is 9. The smallest absolute Gasteiger partial charge is 0.257 e. The predicted octanol–water partition coefficient (Wildman–Crippen LogP) is 2.87. The molecular weight excluding hydrogens is 386 g/mol. The average molecular weight is 409 g/mol. The second kappa shape index (κ2) is 7.95. The van der Waals surface area contributed by atoms with Crippen molar-refractivity contribution in [1.29, 1.82) is 5.53 Å². The first-order valence-corrected chi connectivity index (χ1v) is 9.48. The Balaban J connectivity index is 1.92. The zero-order valence-electron chi connectivity index (χ0n) is 16.9. The molecule has 1 amide bonds. The van der Waals surface area contributed by atoms with Gasteiger partial charge in [0.15, 0.2) is 5.65 Å². The van der Waals surface area contributed by atoms with Crippen molar-refractivity contribution in [3.05, 3.63) is 35.5 Å². The van der Waals surface area contributed by atoms with E-state index in [0.29, 0.717) is 53.1 Å². The van der Waals surface area contributed by atoms with Crippen LogP contribution in [0.2, 0.25) is 0 Å². The summed E-state index contributed by atoms with van der Waals surface area (Å²) in [4.78, 5) is 17.4. The zero-order chi connectivity index (χ0) is 21.3. The molecule has 0 radical (unpaired) electrons. The van der Waals surface area contributed by atoms with E-state index >= 15 is 0 Å². The number of nitrogens with one attached hydrogen (secondary N) is 5. The summed E-state index contributed by atoms with van der Waals surface area (Å²) < 4.78 is 7.37. The minimum absolute atomic E-state index is 0.203. The Kier molecular flexibility index (Phi) is 5.19. The fourth-order valence-corrected chi connectivity index (χ4v) is 3.38. The Morgan fingerprint density at radius 1 is 1.30 bits per heavy atom. The van der Waals surface area contributed by atoms with E-state index in [1.807, 2.05) is 19.1 Å². The minimum Gasteiger partial charge on any atom is -0.386 e. The Morgan fingerprint density at radius 2 is 2.13 bits per heavy atom. The second-order valence-corrected chi connectivity index (χ2v) is 6.99. The lowest BCUT2D eigenvalue weighted by Crippen LogP contribution is -2.35. The van der Waals surface area contributed by atoms with E-state index in [1.54, 1.807) is 24.7 Å². The van der Waals surface area contributed by atoms with E-state index in [1.165, 1.54) is 6.20 Å². The van der Waals surface area contributed by atoms with E-state index in [0.717, 1.165) is 5.56 Å². The first kappa shape index (κ1) is 19.6. The number of rotatable bonds is 3. The molecule has 3 heterocycles. The summed E-state index contributed by atoms with van der Waals surface area (Å²) in [5.74, 6) is 0.860. The van der Waals surface area contributed by atoms with E-state index in [9.17, 15) is 4.79 Å². The first-order valence-electron chi connectivity index (χ1n) is 9.48. The van der Waals surface area contributed by atoms with Gasteiger partial charge in [0.2, 0.25) is 0 Å². The number of benzene rings is 1. The first-order chi connectivity index (χ1) is 14.5. The van der Waals surface area contributed by atoms with Crippen LogP contribution in [0, 0.1) is 5.53 Å². The molecular formula is C19H23N9O2. The Labute approximate surface area is 172 Å². The van der Waals surface area contributed by atoms with Gasteiger partial charge in [0.05, 0.1) is 30.8 Å². The van der Waals surface area contributed by atoms with Crippen LogP contribution in [0.5, 0.6) is 0 Å². The third-order valence-corrected chi connectivity index (χ3v) is 4.80. The van der Waals surface area contributed by atoms with E-state index < -0.39 is 0 Å². The highest BCUT2D eigenvalue weighted by molar-refractivity contribution is 6.00. The van der Waals surface area contributed by atoms with E-state index in [2.05, 4.69) is 36.5 Å². The van der Waals surface area contributed by atoms with Crippen LogP contribution in [-0.4, -0.2) is 47.2 Å². The molecule has 1 aliphatic rings. The number of aromatic nitrogens is 3. The third-order valence-electron chi connectivity index (χ3n) is 4.80. The van der Waals surface area contributed by atoms with Crippen LogP contribution in [0.15, 0.2) is 29.5 Å². The average Bonchev–Trinajstić information content (AvgIpc) is 3.16. The van der Waals surface area contributed by atoms with E-state index in [-0.39, 0.29) is 11.9 Å². The van der Waals surface area contributed by atoms with Crippen molar-refractivity contribution >= 4 is 40.3 Å². The van der Waals surface area contributed by atoms with Gasteiger partial charge in [-0.2, -0.15) is 14.7 Å². The van der Waals surface area contributed by atoms with Gasteiger partial charge in [-0.25, -0.2) is 10.5 Å². The molecule has 2 aromatic heterocycles. The van der Waals surface area contributed by atoms with Crippen LogP contribution in [-0.2, 0) is 11.3 Å². The molecule has 0 fully saturated rings. The molecule has 11 heteroatoms. The predicted molar refractivity (Wildman–Crippen MR) is 113 cm³/mol. The third kappa shape index (κ3) is 3.50. The summed E-state index contributed by atoms with van der Waals surface area (Å²) in [6.07, 6.45) is 1.49. The summed E-state index contributed by atoms with van der Waals surface area (Å²) in [6.45, 7) is 2.56. The number of carbonyl (C=O) groups excluding carboxylic acids is 1. The Hall–Kier alpha value is -3.73. The standard InChI is InChI=1S/C19H23N9O2/c1-10-8-30-9-11-4-13(21-2)17(27-20)14(5-11)25-15-6-16(22-3)28-18(26-15)12(7-23-28)19(29)24-10/h4-7,10,20-22H,8-9H2,1-3H3,(H,24,29)(H,25,26)/t10-/m1/s1. The highest BCUT2D eigenvalue weighted by Crippen LogP contribution is 2.37. The Morgan fingerprint density at radius 3 is 2.87 bits per heavy atom. The molecule has 1 aromatic carbocycles. The van der Waals surface area contributed by atoms with Crippen molar-refractivity contribution in [3.8, 4) is 0 Å². The summed E-state index contributed by atoms with van der Waals surface area (Å²) in [5, 5.41) is 20.3. The van der Waals surface area contributed by atoms with Crippen LogP contribution in [0.1, 0.15) is 22.8 Å². The van der Waals surface area contributed by atoms with Gasteiger partial charge in [0.1, 0.15) is 22.9 Å². The van der Waals surface area contributed by atoms with Crippen molar-refractivity contribution < 1.29 is 9.53 Å². The number of fused-ring (bicyclic) bond motifs is 3. The molecule has 0 spiro atoms. The molecule has 0 saturated carbocycles. The second-order valence-electron chi connectivity index (χ2n) is 6.99. The molecule has 0 aliphatic carbocycles. The summed E-state index contributed by atoms with van der Waals surface area (Å²) in [7, 11) is 3.54. The molecule has 0 unspecified atom stereocenters. The quantitative estimate of drug-likeness (QED) is 0.419. The molecule has 30 heavy (non-hydrogen) atoms. The van der Waals surface area contributed by atoms with Gasteiger partial charge in [0, 0.05) is 26.2 Å². The van der Waals surface area contributed by atoms with Gasteiger partial charge >= 0.3 is 0 Å². The number of anilines is 4. The Bertz CT molecular complexity index is 1120. The minimum atomic E-state index is -0.275. The van der Waals surface area contributed by atoms with Crippen molar-refractivity contribution in [3.63, 3.8) is 0 Å². The fourth-order valence-electron chi connectivity index (χ4n) is 3.38. The largest absolute Gasteiger partial charge is 0.386 e. The molecule has 11 nitrogen and oxygen atoms in total. The van der Waals surface area contributed by atoms with Gasteiger partial charge in [0.25, 0.3) is 5.91 Å². The van der Waals surface area contributed by atoms with Crippen molar-refractivity contribution in [2.75, 3.05) is 36.7 Å². The van der Waals surface area contributed by atoms with Gasteiger partial charge in [-0.05, 0) is 24.6 Å². The number of amides is 1. The number of carbonyl (C=O) groups is 1. The molecule has 4 bridgehead atoms. The lowest BCUT2D eigenvalue weighted by atomic mass is 10.1. The highest BCUT2D eigenvalue weighted by atomic mass is 16.5. The molecule has 1 atom stereocenters. The monoisotopic (exact) mass is 409 g/mol. The van der Waals surface area contributed by atoms with E-state index in [4.69, 9.17) is 10.3 Å². The topological polar surface area (TPSA) is 141 Å². The van der Waals surface area contributed by atoms with Crippen LogP contribution in [0.3, 0.4) is 0 Å². The number of hydrogen-bond donors (Lipinski definition) is 5. The maximum atomic E-state index is 12.8. The summed E-state index contributed by atoms with van der Waals surface area (Å²) >= 11 is 0. The van der Waals surface area contributed by atoms with Crippen molar-refractivity contribution in [2.45, 2.75) is 19.6 Å². The maximum Gasteiger partial charge on any atom is 0.257 e.